The first-order chi connectivity index (χ1) is 15.9. The number of allylic oxidation sites excluding steroid dienone is 2. The molecule has 0 saturated heterocycles. The molecule has 33 heavy (non-hydrogen) atoms. The summed E-state index contributed by atoms with van der Waals surface area (Å²) in [5, 5.41) is 32.2. The topological polar surface area (TPSA) is 133 Å². The lowest BCUT2D eigenvalue weighted by atomic mass is 9.87. The zero-order valence-corrected chi connectivity index (χ0v) is 18.1. The number of benzene rings is 2. The van der Waals surface area contributed by atoms with Crippen molar-refractivity contribution in [3.8, 4) is 23.5 Å². The molecule has 2 aliphatic heterocycles. The van der Waals surface area contributed by atoms with Crippen LogP contribution < -0.4 is 10.6 Å². The third-order valence-corrected chi connectivity index (χ3v) is 6.77. The van der Waals surface area contributed by atoms with Crippen LogP contribution in [0.5, 0.6) is 0 Å². The third kappa shape index (κ3) is 3.06. The molecule has 1 atom stereocenters. The minimum Gasteiger partial charge on any atom is -0.460 e. The Labute approximate surface area is 193 Å². The van der Waals surface area contributed by atoms with Crippen molar-refractivity contribution in [1.29, 1.82) is 10.5 Å². The number of rotatable bonds is 3. The van der Waals surface area contributed by atoms with Crippen molar-refractivity contribution in [1.82, 2.24) is 0 Å². The van der Waals surface area contributed by atoms with E-state index in [-0.39, 0.29) is 22.8 Å². The highest BCUT2D eigenvalue weighted by atomic mass is 32.2. The summed E-state index contributed by atoms with van der Waals surface area (Å²) in [7, 11) is 0. The van der Waals surface area contributed by atoms with Gasteiger partial charge in [0.25, 0.3) is 5.69 Å². The van der Waals surface area contributed by atoms with E-state index in [4.69, 9.17) is 10.2 Å². The van der Waals surface area contributed by atoms with Crippen molar-refractivity contribution in [3.63, 3.8) is 0 Å². The number of nitro benzene ring substituents is 1. The highest BCUT2D eigenvalue weighted by molar-refractivity contribution is 8.03. The van der Waals surface area contributed by atoms with Crippen molar-refractivity contribution in [2.75, 3.05) is 4.90 Å². The molecule has 0 bridgehead atoms. The van der Waals surface area contributed by atoms with Gasteiger partial charge in [0, 0.05) is 11.0 Å². The predicted octanol–water partition coefficient (Wildman–Crippen LogP) is 5.30. The monoisotopic (exact) mass is 453 g/mol. The molecular weight excluding hydrogens is 438 g/mol. The van der Waals surface area contributed by atoms with Gasteiger partial charge in [-0.05, 0) is 42.8 Å². The number of para-hydroxylation sites is 1. The average Bonchev–Trinajstić information content (AvgIpc) is 3.44. The van der Waals surface area contributed by atoms with Gasteiger partial charge in [0.2, 0.25) is 0 Å². The summed E-state index contributed by atoms with van der Waals surface area (Å²) in [5.41, 5.74) is 8.75. The predicted molar refractivity (Wildman–Crippen MR) is 123 cm³/mol. The fraction of sp³-hybridized carbons (Fsp3) is 0.0833. The Balaban J connectivity index is 1.66. The molecule has 0 spiro atoms. The largest absolute Gasteiger partial charge is 0.460 e. The molecule has 2 aliphatic rings. The Morgan fingerprint density at radius 1 is 1.12 bits per heavy atom. The quantitative estimate of drug-likeness (QED) is 0.417. The molecule has 0 saturated carbocycles. The molecule has 3 aromatic rings. The summed E-state index contributed by atoms with van der Waals surface area (Å²) < 4.78 is 6.02. The Morgan fingerprint density at radius 3 is 2.61 bits per heavy atom. The normalized spacial score (nSPS) is 16.8. The molecule has 3 heterocycles. The van der Waals surface area contributed by atoms with Gasteiger partial charge in [0.1, 0.15) is 22.4 Å². The van der Waals surface area contributed by atoms with Crippen LogP contribution in [0.1, 0.15) is 17.2 Å². The van der Waals surface area contributed by atoms with E-state index in [2.05, 4.69) is 12.1 Å². The van der Waals surface area contributed by atoms with Crippen LogP contribution >= 0.6 is 11.8 Å². The summed E-state index contributed by atoms with van der Waals surface area (Å²) in [6.07, 6.45) is 0. The summed E-state index contributed by atoms with van der Waals surface area (Å²) in [6.45, 7) is 1.77. The fourth-order valence-electron chi connectivity index (χ4n) is 4.11. The van der Waals surface area contributed by atoms with E-state index in [0.717, 1.165) is 16.1 Å². The van der Waals surface area contributed by atoms with Gasteiger partial charge < -0.3 is 10.2 Å². The average molecular weight is 453 g/mol. The molecule has 0 fully saturated rings. The number of anilines is 1. The van der Waals surface area contributed by atoms with Crippen molar-refractivity contribution >= 4 is 23.1 Å². The number of fused-ring (bicyclic) bond motifs is 3. The van der Waals surface area contributed by atoms with Crippen LogP contribution in [0.2, 0.25) is 0 Å². The van der Waals surface area contributed by atoms with Crippen molar-refractivity contribution < 1.29 is 9.34 Å². The number of furan rings is 1. The second kappa shape index (κ2) is 7.59. The van der Waals surface area contributed by atoms with Crippen LogP contribution in [-0.2, 0) is 0 Å². The lowest BCUT2D eigenvalue weighted by Gasteiger charge is -2.30. The molecule has 0 aliphatic carbocycles. The van der Waals surface area contributed by atoms with Crippen molar-refractivity contribution in [2.45, 2.75) is 17.7 Å². The second-order valence-electron chi connectivity index (χ2n) is 7.56. The van der Waals surface area contributed by atoms with E-state index < -0.39 is 10.8 Å². The maximum Gasteiger partial charge on any atom is 0.280 e. The molecule has 5 rings (SSSR count). The molecule has 0 radical (unpaired) electrons. The third-order valence-electron chi connectivity index (χ3n) is 5.61. The SMILES string of the molecule is Cc1ccc(-c2ccc(C3C(C#N)=C(N)N4C(=C3C#N)Sc3ccccc34)o2)c([N+](=O)[O-])c1. The maximum absolute atomic E-state index is 11.6. The van der Waals surface area contributed by atoms with Gasteiger partial charge in [-0.2, -0.15) is 10.5 Å². The van der Waals surface area contributed by atoms with E-state index in [9.17, 15) is 20.6 Å². The summed E-state index contributed by atoms with van der Waals surface area (Å²) in [4.78, 5) is 13.8. The van der Waals surface area contributed by atoms with Crippen molar-refractivity contribution in [2.24, 2.45) is 5.73 Å². The van der Waals surface area contributed by atoms with Crippen molar-refractivity contribution in [3.05, 3.63) is 98.0 Å². The fourth-order valence-corrected chi connectivity index (χ4v) is 5.29. The van der Waals surface area contributed by atoms with Gasteiger partial charge in [0.15, 0.2) is 0 Å². The van der Waals surface area contributed by atoms with Gasteiger partial charge in [0.05, 0.1) is 45.4 Å². The number of thioether (sulfide) groups is 1. The standard InChI is InChI=1S/C24H15N5O3S/c1-13-6-7-14(18(10-13)29(30)31)19-8-9-20(32-19)22-15(11-25)23(27)28-17-4-2-3-5-21(17)33-24(28)16(22)12-26/h2-10,22H,27H2,1H3. The molecule has 2 N–H and O–H groups in total. The van der Waals surface area contributed by atoms with Crippen LogP contribution in [0.3, 0.4) is 0 Å². The number of hydrogen-bond donors (Lipinski definition) is 1. The number of nitriles is 2. The Morgan fingerprint density at radius 2 is 1.88 bits per heavy atom. The Kier molecular flexibility index (Phi) is 4.70. The number of nitrogens with two attached hydrogens (primary N) is 1. The number of aryl methyl sites for hydroxylation is 1. The highest BCUT2D eigenvalue weighted by Crippen LogP contribution is 2.54. The van der Waals surface area contributed by atoms with Gasteiger partial charge in [-0.3, -0.25) is 15.0 Å². The minimum absolute atomic E-state index is 0.0815. The summed E-state index contributed by atoms with van der Waals surface area (Å²) in [6, 6.07) is 20.1. The molecule has 2 aromatic carbocycles. The van der Waals surface area contributed by atoms with E-state index in [1.54, 1.807) is 36.1 Å². The summed E-state index contributed by atoms with van der Waals surface area (Å²) in [5.74, 6) is 0.0128. The van der Waals surface area contributed by atoms with Gasteiger partial charge in [-0.15, -0.1) is 0 Å². The van der Waals surface area contributed by atoms with E-state index >= 15 is 0 Å². The molecule has 1 unspecified atom stereocenters. The van der Waals surface area contributed by atoms with E-state index in [0.29, 0.717) is 21.9 Å². The van der Waals surface area contributed by atoms with Gasteiger partial charge in [-0.1, -0.05) is 30.0 Å². The van der Waals surface area contributed by atoms with Gasteiger partial charge in [-0.25, -0.2) is 0 Å². The number of nitrogens with zero attached hydrogens (tertiary/aromatic N) is 4. The van der Waals surface area contributed by atoms with Crippen LogP contribution in [0.4, 0.5) is 11.4 Å². The van der Waals surface area contributed by atoms with Crippen LogP contribution in [0.25, 0.3) is 11.3 Å². The van der Waals surface area contributed by atoms with Crippen LogP contribution in [-0.4, -0.2) is 4.92 Å². The molecule has 160 valence electrons. The molecule has 8 nitrogen and oxygen atoms in total. The molecule has 9 heteroatoms. The number of nitro groups is 1. The smallest absolute Gasteiger partial charge is 0.280 e. The molecular formula is C24H15N5O3S. The highest BCUT2D eigenvalue weighted by Gasteiger charge is 2.42. The van der Waals surface area contributed by atoms with Crippen LogP contribution in [0.15, 0.2) is 85.9 Å². The van der Waals surface area contributed by atoms with E-state index in [1.807, 2.05) is 24.3 Å². The first-order valence-electron chi connectivity index (χ1n) is 9.90. The lowest BCUT2D eigenvalue weighted by molar-refractivity contribution is -0.384. The van der Waals surface area contributed by atoms with Crippen LogP contribution in [0, 0.1) is 39.7 Å². The first kappa shape index (κ1) is 20.4. The number of hydrogen-bond acceptors (Lipinski definition) is 8. The van der Waals surface area contributed by atoms with Gasteiger partial charge >= 0.3 is 0 Å². The summed E-state index contributed by atoms with van der Waals surface area (Å²) >= 11 is 1.41. The minimum atomic E-state index is -0.814. The lowest BCUT2D eigenvalue weighted by Crippen LogP contribution is -2.32. The molecule has 1 aromatic heterocycles. The second-order valence-corrected chi connectivity index (χ2v) is 8.59. The Bertz CT molecular complexity index is 1490. The Hall–Kier alpha value is -4.47. The maximum atomic E-state index is 11.6. The van der Waals surface area contributed by atoms with E-state index in [1.165, 1.54) is 17.8 Å². The first-order valence-corrected chi connectivity index (χ1v) is 10.7. The molecule has 0 amide bonds. The zero-order valence-electron chi connectivity index (χ0n) is 17.3. The zero-order chi connectivity index (χ0) is 23.3.